The first-order valence-electron chi connectivity index (χ1n) is 4.69. The van der Waals surface area contributed by atoms with Gasteiger partial charge in [0.2, 0.25) is 11.7 Å². The van der Waals surface area contributed by atoms with Crippen LogP contribution < -0.4 is 0 Å². The third-order valence-electron chi connectivity index (χ3n) is 2.10. The van der Waals surface area contributed by atoms with Crippen molar-refractivity contribution in [3.05, 3.63) is 11.7 Å². The van der Waals surface area contributed by atoms with Crippen molar-refractivity contribution in [1.29, 1.82) is 0 Å². The van der Waals surface area contributed by atoms with Crippen LogP contribution in [0.3, 0.4) is 0 Å². The molecule has 76 valence electrons. The number of Topliss-reactive ketones (excluding diaryl/α,β-unsaturated/α-hetero) is 1. The van der Waals surface area contributed by atoms with Gasteiger partial charge in [0.1, 0.15) is 11.9 Å². The molecule has 1 aliphatic heterocycles. The summed E-state index contributed by atoms with van der Waals surface area (Å²) in [6, 6.07) is 0. The highest BCUT2D eigenvalue weighted by atomic mass is 16.5. The molecular formula is C9H12N2O3. The Morgan fingerprint density at radius 1 is 1.64 bits per heavy atom. The molecule has 1 unspecified atom stereocenters. The van der Waals surface area contributed by atoms with E-state index in [1.54, 1.807) is 0 Å². The molecular weight excluding hydrogens is 184 g/mol. The first-order chi connectivity index (χ1) is 6.75. The van der Waals surface area contributed by atoms with Crippen molar-refractivity contribution < 1.29 is 14.1 Å². The number of hydrogen-bond acceptors (Lipinski definition) is 5. The number of aromatic nitrogens is 2. The first kappa shape index (κ1) is 9.33. The Morgan fingerprint density at radius 2 is 2.50 bits per heavy atom. The fourth-order valence-electron chi connectivity index (χ4n) is 1.46. The van der Waals surface area contributed by atoms with Gasteiger partial charge in [-0.15, -0.1) is 0 Å². The van der Waals surface area contributed by atoms with Crippen molar-refractivity contribution in [3.63, 3.8) is 0 Å². The van der Waals surface area contributed by atoms with Crippen LogP contribution in [0.4, 0.5) is 0 Å². The van der Waals surface area contributed by atoms with Crippen molar-refractivity contribution in [3.8, 4) is 0 Å². The summed E-state index contributed by atoms with van der Waals surface area (Å²) >= 11 is 0. The fraction of sp³-hybridized carbons (Fsp3) is 0.667. The topological polar surface area (TPSA) is 65.2 Å². The second-order valence-corrected chi connectivity index (χ2v) is 3.43. The minimum absolute atomic E-state index is 0.0209. The van der Waals surface area contributed by atoms with E-state index in [4.69, 9.17) is 9.26 Å². The summed E-state index contributed by atoms with van der Waals surface area (Å²) in [5.41, 5.74) is 0. The summed E-state index contributed by atoms with van der Waals surface area (Å²) in [4.78, 5) is 14.9. The van der Waals surface area contributed by atoms with Gasteiger partial charge in [-0.05, 0) is 19.8 Å². The highest BCUT2D eigenvalue weighted by Gasteiger charge is 2.23. The molecule has 1 fully saturated rings. The van der Waals surface area contributed by atoms with E-state index >= 15 is 0 Å². The standard InChI is InChI=1S/C9H12N2O3/c1-6(12)5-8-10-9(11-14-8)7-3-2-4-13-7/h7H,2-5H2,1H3. The van der Waals surface area contributed by atoms with Crippen LogP contribution in [-0.4, -0.2) is 22.5 Å². The van der Waals surface area contributed by atoms with Crippen LogP contribution in [0.25, 0.3) is 0 Å². The monoisotopic (exact) mass is 196 g/mol. The van der Waals surface area contributed by atoms with Crippen molar-refractivity contribution >= 4 is 5.78 Å². The second kappa shape index (κ2) is 3.88. The summed E-state index contributed by atoms with van der Waals surface area (Å²) < 4.78 is 10.3. The van der Waals surface area contributed by atoms with Gasteiger partial charge in [0.15, 0.2) is 0 Å². The van der Waals surface area contributed by atoms with Gasteiger partial charge in [-0.1, -0.05) is 5.16 Å². The molecule has 1 aromatic rings. The number of ether oxygens (including phenoxy) is 1. The zero-order valence-electron chi connectivity index (χ0n) is 8.02. The Morgan fingerprint density at radius 3 is 3.14 bits per heavy atom. The molecule has 5 nitrogen and oxygen atoms in total. The highest BCUT2D eigenvalue weighted by molar-refractivity contribution is 5.77. The molecule has 1 atom stereocenters. The summed E-state index contributed by atoms with van der Waals surface area (Å²) in [6.45, 7) is 2.25. The Bertz CT molecular complexity index is 329. The molecule has 0 radical (unpaired) electrons. The minimum atomic E-state index is -0.0422. The van der Waals surface area contributed by atoms with Gasteiger partial charge < -0.3 is 9.26 Å². The first-order valence-corrected chi connectivity index (χ1v) is 4.69. The van der Waals surface area contributed by atoms with Crippen molar-refractivity contribution in [2.45, 2.75) is 32.3 Å². The average molecular weight is 196 g/mol. The van der Waals surface area contributed by atoms with E-state index in [0.717, 1.165) is 19.4 Å². The predicted molar refractivity (Wildman–Crippen MR) is 46.6 cm³/mol. The third kappa shape index (κ3) is 1.98. The van der Waals surface area contributed by atoms with E-state index in [-0.39, 0.29) is 18.3 Å². The maximum absolute atomic E-state index is 10.8. The van der Waals surface area contributed by atoms with Gasteiger partial charge in [-0.2, -0.15) is 4.98 Å². The predicted octanol–water partition coefficient (Wildman–Crippen LogP) is 1.05. The highest BCUT2D eigenvalue weighted by Crippen LogP contribution is 2.25. The Kier molecular flexibility index (Phi) is 2.58. The summed E-state index contributed by atoms with van der Waals surface area (Å²) in [6.07, 6.45) is 2.12. The average Bonchev–Trinajstić information content (AvgIpc) is 2.69. The lowest BCUT2D eigenvalue weighted by Crippen LogP contribution is -2.00. The number of carbonyl (C=O) groups is 1. The summed E-state index contributed by atoms with van der Waals surface area (Å²) in [5.74, 6) is 0.967. The molecule has 0 aromatic carbocycles. The van der Waals surface area contributed by atoms with Gasteiger partial charge in [-0.25, -0.2) is 0 Å². The normalized spacial score (nSPS) is 21.4. The zero-order valence-corrected chi connectivity index (χ0v) is 8.02. The van der Waals surface area contributed by atoms with Crippen LogP contribution in [0.5, 0.6) is 0 Å². The molecule has 14 heavy (non-hydrogen) atoms. The molecule has 0 N–H and O–H groups in total. The maximum Gasteiger partial charge on any atom is 0.234 e. The lowest BCUT2D eigenvalue weighted by molar-refractivity contribution is -0.116. The van der Waals surface area contributed by atoms with E-state index in [0.29, 0.717) is 11.7 Å². The second-order valence-electron chi connectivity index (χ2n) is 3.43. The Balaban J connectivity index is 2.05. The molecule has 1 aliphatic rings. The molecule has 5 heteroatoms. The van der Waals surface area contributed by atoms with E-state index in [9.17, 15) is 4.79 Å². The SMILES string of the molecule is CC(=O)Cc1nc(C2CCCO2)no1. The van der Waals surface area contributed by atoms with Crippen molar-refractivity contribution in [2.75, 3.05) is 6.61 Å². The smallest absolute Gasteiger partial charge is 0.234 e. The molecule has 1 aromatic heterocycles. The fourth-order valence-corrected chi connectivity index (χ4v) is 1.46. The van der Waals surface area contributed by atoms with Gasteiger partial charge in [0.05, 0.1) is 6.42 Å². The summed E-state index contributed by atoms with van der Waals surface area (Å²) in [7, 11) is 0. The molecule has 0 amide bonds. The largest absolute Gasteiger partial charge is 0.370 e. The number of carbonyl (C=O) groups excluding carboxylic acids is 1. The Hall–Kier alpha value is -1.23. The third-order valence-corrected chi connectivity index (χ3v) is 2.10. The van der Waals surface area contributed by atoms with E-state index < -0.39 is 0 Å². The van der Waals surface area contributed by atoms with Crippen LogP contribution in [-0.2, 0) is 16.0 Å². The van der Waals surface area contributed by atoms with Crippen LogP contribution >= 0.6 is 0 Å². The van der Waals surface area contributed by atoms with Gasteiger partial charge in [-0.3, -0.25) is 4.79 Å². The van der Waals surface area contributed by atoms with Gasteiger partial charge in [0, 0.05) is 6.61 Å². The van der Waals surface area contributed by atoms with Crippen molar-refractivity contribution in [2.24, 2.45) is 0 Å². The maximum atomic E-state index is 10.8. The molecule has 0 aliphatic carbocycles. The minimum Gasteiger partial charge on any atom is -0.370 e. The van der Waals surface area contributed by atoms with Crippen LogP contribution in [0.2, 0.25) is 0 Å². The summed E-state index contributed by atoms with van der Waals surface area (Å²) in [5, 5.41) is 3.79. The zero-order chi connectivity index (χ0) is 9.97. The van der Waals surface area contributed by atoms with E-state index in [1.807, 2.05) is 0 Å². The molecule has 0 bridgehead atoms. The van der Waals surface area contributed by atoms with Crippen LogP contribution in [0.15, 0.2) is 4.52 Å². The Labute approximate surface area is 81.4 Å². The molecule has 1 saturated heterocycles. The molecule has 0 spiro atoms. The number of nitrogens with zero attached hydrogens (tertiary/aromatic N) is 2. The quantitative estimate of drug-likeness (QED) is 0.723. The lowest BCUT2D eigenvalue weighted by atomic mass is 10.2. The number of rotatable bonds is 3. The van der Waals surface area contributed by atoms with Gasteiger partial charge >= 0.3 is 0 Å². The lowest BCUT2D eigenvalue weighted by Gasteiger charge is -2.00. The van der Waals surface area contributed by atoms with Gasteiger partial charge in [0.25, 0.3) is 0 Å². The van der Waals surface area contributed by atoms with Crippen LogP contribution in [0, 0.1) is 0 Å². The van der Waals surface area contributed by atoms with Crippen LogP contribution in [0.1, 0.15) is 37.6 Å². The molecule has 0 saturated carbocycles. The molecule has 2 rings (SSSR count). The van der Waals surface area contributed by atoms with Crippen molar-refractivity contribution in [1.82, 2.24) is 10.1 Å². The number of ketones is 1. The number of hydrogen-bond donors (Lipinski definition) is 0. The van der Waals surface area contributed by atoms with E-state index in [1.165, 1.54) is 6.92 Å². The van der Waals surface area contributed by atoms with E-state index in [2.05, 4.69) is 10.1 Å². The molecule has 2 heterocycles.